The predicted octanol–water partition coefficient (Wildman–Crippen LogP) is 3.03. The van der Waals surface area contributed by atoms with E-state index >= 15 is 0 Å². The Morgan fingerprint density at radius 2 is 1.37 bits per heavy atom. The van der Waals surface area contributed by atoms with E-state index in [0.717, 1.165) is 0 Å². The van der Waals surface area contributed by atoms with Gasteiger partial charge in [-0.3, -0.25) is 0 Å². The number of hydrogen-bond donors (Lipinski definition) is 0. The fourth-order valence-electron chi connectivity index (χ4n) is 1.70. The van der Waals surface area contributed by atoms with Crippen LogP contribution in [0.4, 0.5) is 22.0 Å². The van der Waals surface area contributed by atoms with Gasteiger partial charge < -0.3 is 0 Å². The summed E-state index contributed by atoms with van der Waals surface area (Å²) < 4.78 is 67.3. The van der Waals surface area contributed by atoms with E-state index in [0.29, 0.717) is 5.69 Å². The Morgan fingerprint density at radius 3 is 1.89 bits per heavy atom. The predicted molar refractivity (Wildman–Crippen MR) is 56.7 cm³/mol. The van der Waals surface area contributed by atoms with Crippen LogP contribution in [0.5, 0.6) is 0 Å². The van der Waals surface area contributed by atoms with Crippen molar-refractivity contribution in [2.24, 2.45) is 0 Å². The summed E-state index contributed by atoms with van der Waals surface area (Å²) in [5, 5.41) is 0. The SMILES string of the molecule is Cc1cccc[n+]1Cc1c(F)c(F)c(F)c(F)c1F. The van der Waals surface area contributed by atoms with Crippen molar-refractivity contribution in [2.45, 2.75) is 13.5 Å². The average Bonchev–Trinajstić information content (AvgIpc) is 2.41. The summed E-state index contributed by atoms with van der Waals surface area (Å²) in [6.45, 7) is 1.23. The highest BCUT2D eigenvalue weighted by atomic mass is 19.2. The van der Waals surface area contributed by atoms with E-state index in [1.807, 2.05) is 0 Å². The van der Waals surface area contributed by atoms with E-state index in [1.54, 1.807) is 25.1 Å². The molecule has 0 aliphatic carbocycles. The van der Waals surface area contributed by atoms with Gasteiger partial charge >= 0.3 is 0 Å². The standard InChI is InChI=1S/C13H9F5N/c1-7-4-2-3-5-19(7)6-8-9(14)11(16)13(18)12(17)10(8)15/h2-5H,6H2,1H3/q+1. The van der Waals surface area contributed by atoms with Crippen molar-refractivity contribution in [3.8, 4) is 0 Å². The zero-order valence-corrected chi connectivity index (χ0v) is 9.85. The van der Waals surface area contributed by atoms with Gasteiger partial charge in [0.05, 0.1) is 5.56 Å². The Bertz CT molecular complexity index is 610. The van der Waals surface area contributed by atoms with Crippen LogP contribution in [0, 0.1) is 36.0 Å². The Morgan fingerprint density at radius 1 is 0.842 bits per heavy atom. The summed E-state index contributed by atoms with van der Waals surface area (Å²) >= 11 is 0. The molecule has 0 atom stereocenters. The molecule has 0 radical (unpaired) electrons. The molecule has 2 aromatic rings. The molecule has 0 saturated carbocycles. The Balaban J connectivity index is 2.56. The van der Waals surface area contributed by atoms with Crippen LogP contribution in [-0.2, 0) is 6.54 Å². The lowest BCUT2D eigenvalue weighted by Gasteiger charge is -2.06. The summed E-state index contributed by atoms with van der Waals surface area (Å²) in [4.78, 5) is 0. The van der Waals surface area contributed by atoms with Crippen LogP contribution in [0.1, 0.15) is 11.3 Å². The monoisotopic (exact) mass is 274 g/mol. The molecule has 0 fully saturated rings. The smallest absolute Gasteiger partial charge is 0.200 e. The minimum absolute atomic E-state index is 0.432. The highest BCUT2D eigenvalue weighted by Crippen LogP contribution is 2.22. The fourth-order valence-corrected chi connectivity index (χ4v) is 1.70. The summed E-state index contributed by atoms with van der Waals surface area (Å²) in [7, 11) is 0. The molecule has 0 bridgehead atoms. The summed E-state index contributed by atoms with van der Waals surface area (Å²) in [6.07, 6.45) is 1.49. The van der Waals surface area contributed by atoms with Gasteiger partial charge in [0.2, 0.25) is 5.82 Å². The normalized spacial score (nSPS) is 10.8. The number of aromatic nitrogens is 1. The van der Waals surface area contributed by atoms with Crippen molar-refractivity contribution in [1.29, 1.82) is 0 Å². The molecular weight excluding hydrogens is 265 g/mol. The molecule has 0 aliphatic rings. The molecule has 1 aromatic heterocycles. The van der Waals surface area contributed by atoms with Gasteiger partial charge in [0.25, 0.3) is 0 Å². The zero-order valence-electron chi connectivity index (χ0n) is 9.85. The van der Waals surface area contributed by atoms with E-state index in [2.05, 4.69) is 0 Å². The Labute approximate surface area is 105 Å². The molecule has 19 heavy (non-hydrogen) atoms. The topological polar surface area (TPSA) is 3.88 Å². The lowest BCUT2D eigenvalue weighted by molar-refractivity contribution is -0.694. The quantitative estimate of drug-likeness (QED) is 0.343. The summed E-state index contributed by atoms with van der Waals surface area (Å²) in [6, 6.07) is 4.95. The van der Waals surface area contributed by atoms with Crippen LogP contribution in [0.2, 0.25) is 0 Å². The van der Waals surface area contributed by atoms with Gasteiger partial charge in [-0.05, 0) is 0 Å². The van der Waals surface area contributed by atoms with Gasteiger partial charge in [-0.1, -0.05) is 6.07 Å². The number of rotatable bonds is 2. The van der Waals surface area contributed by atoms with E-state index in [1.165, 1.54) is 10.8 Å². The van der Waals surface area contributed by atoms with Gasteiger partial charge in [0.15, 0.2) is 41.7 Å². The van der Waals surface area contributed by atoms with Crippen molar-refractivity contribution in [2.75, 3.05) is 0 Å². The van der Waals surface area contributed by atoms with E-state index in [9.17, 15) is 22.0 Å². The minimum Gasteiger partial charge on any atom is -0.203 e. The van der Waals surface area contributed by atoms with E-state index in [4.69, 9.17) is 0 Å². The number of halogens is 5. The molecule has 0 aliphatic heterocycles. The van der Waals surface area contributed by atoms with Crippen LogP contribution in [-0.4, -0.2) is 0 Å². The lowest BCUT2D eigenvalue weighted by atomic mass is 10.1. The Hall–Kier alpha value is -1.98. The first kappa shape index (κ1) is 13.5. The summed E-state index contributed by atoms with van der Waals surface area (Å²) in [5.74, 6) is -9.60. The second-order valence-corrected chi connectivity index (χ2v) is 4.02. The maximum Gasteiger partial charge on any atom is 0.200 e. The van der Waals surface area contributed by atoms with Crippen LogP contribution < -0.4 is 4.57 Å². The minimum atomic E-state index is -2.14. The highest BCUT2D eigenvalue weighted by Gasteiger charge is 2.27. The van der Waals surface area contributed by atoms with Gasteiger partial charge in [-0.15, -0.1) is 0 Å². The maximum atomic E-state index is 13.5. The summed E-state index contributed by atoms with van der Waals surface area (Å²) in [5.41, 5.74) is -0.220. The molecule has 0 N–H and O–H groups in total. The van der Waals surface area contributed by atoms with Gasteiger partial charge in [0, 0.05) is 19.1 Å². The van der Waals surface area contributed by atoms with Crippen molar-refractivity contribution in [3.63, 3.8) is 0 Å². The maximum absolute atomic E-state index is 13.5. The molecule has 2 rings (SSSR count). The van der Waals surface area contributed by atoms with E-state index in [-0.39, 0.29) is 0 Å². The number of hydrogen-bond acceptors (Lipinski definition) is 0. The van der Waals surface area contributed by atoms with Crippen molar-refractivity contribution in [3.05, 3.63) is 64.7 Å². The Kier molecular flexibility index (Phi) is 3.50. The molecule has 1 aromatic carbocycles. The van der Waals surface area contributed by atoms with Crippen molar-refractivity contribution >= 4 is 0 Å². The van der Waals surface area contributed by atoms with Crippen LogP contribution >= 0.6 is 0 Å². The third kappa shape index (κ3) is 2.30. The molecule has 1 nitrogen and oxygen atoms in total. The first-order chi connectivity index (χ1) is 8.93. The third-order valence-electron chi connectivity index (χ3n) is 2.80. The van der Waals surface area contributed by atoms with E-state index < -0.39 is 41.2 Å². The molecule has 0 spiro atoms. The van der Waals surface area contributed by atoms with Gasteiger partial charge in [0.1, 0.15) is 0 Å². The van der Waals surface area contributed by atoms with Crippen molar-refractivity contribution < 1.29 is 26.5 Å². The second kappa shape index (κ2) is 4.95. The van der Waals surface area contributed by atoms with Gasteiger partial charge in [-0.25, -0.2) is 22.0 Å². The van der Waals surface area contributed by atoms with Crippen LogP contribution in [0.15, 0.2) is 24.4 Å². The molecule has 0 unspecified atom stereocenters. The number of pyridine rings is 1. The van der Waals surface area contributed by atoms with Crippen molar-refractivity contribution in [1.82, 2.24) is 0 Å². The second-order valence-electron chi connectivity index (χ2n) is 4.02. The number of nitrogens with zero attached hydrogens (tertiary/aromatic N) is 1. The molecule has 0 saturated heterocycles. The highest BCUT2D eigenvalue weighted by molar-refractivity contribution is 5.23. The number of aryl methyl sites for hydroxylation is 1. The average molecular weight is 274 g/mol. The first-order valence-corrected chi connectivity index (χ1v) is 5.39. The molecular formula is C13H9F5N+. The van der Waals surface area contributed by atoms with Crippen LogP contribution in [0.25, 0.3) is 0 Å². The third-order valence-corrected chi connectivity index (χ3v) is 2.80. The largest absolute Gasteiger partial charge is 0.203 e. The molecule has 100 valence electrons. The zero-order chi connectivity index (χ0) is 14.2. The molecule has 6 heteroatoms. The molecule has 0 amide bonds. The van der Waals surface area contributed by atoms with Crippen LogP contribution in [0.3, 0.4) is 0 Å². The fraction of sp³-hybridized carbons (Fsp3) is 0.154. The number of benzene rings is 1. The van der Waals surface area contributed by atoms with Gasteiger partial charge in [-0.2, -0.15) is 4.57 Å². The first-order valence-electron chi connectivity index (χ1n) is 5.39. The molecule has 1 heterocycles. The lowest BCUT2D eigenvalue weighted by Crippen LogP contribution is -2.38.